The van der Waals surface area contributed by atoms with E-state index in [1.165, 1.54) is 24.3 Å². The van der Waals surface area contributed by atoms with E-state index >= 15 is 0 Å². The number of hydrogen-bond donors (Lipinski definition) is 2. The Morgan fingerprint density at radius 1 is 1.16 bits per heavy atom. The minimum absolute atomic E-state index is 0.0647. The molecule has 1 fully saturated rings. The summed E-state index contributed by atoms with van der Waals surface area (Å²) in [6, 6.07) is 9.83. The largest absolute Gasteiger partial charge is 0.359 e. The standard InChI is InChI=1S/C18H21N5O2/c1-19-18(25)15-10-23(9-13-5-3-2-4-6-13)11-16(15)22-17(24)14-7-20-12-21-8-14/h2-8,12,15-16H,9-11H2,1H3,(H,19,25)(H,22,24)/t15-,16-/m0/s1. The number of rotatable bonds is 5. The summed E-state index contributed by atoms with van der Waals surface area (Å²) in [6.45, 7) is 1.96. The molecular formula is C18H21N5O2. The molecule has 0 bridgehead atoms. The number of benzene rings is 1. The van der Waals surface area contributed by atoms with Gasteiger partial charge in [-0.05, 0) is 5.56 Å². The number of hydrogen-bond acceptors (Lipinski definition) is 5. The number of amides is 2. The van der Waals surface area contributed by atoms with Gasteiger partial charge in [0.2, 0.25) is 5.91 Å². The van der Waals surface area contributed by atoms with E-state index in [2.05, 4.69) is 37.6 Å². The first-order chi connectivity index (χ1) is 12.2. The van der Waals surface area contributed by atoms with Crippen LogP contribution in [0.1, 0.15) is 15.9 Å². The zero-order valence-electron chi connectivity index (χ0n) is 14.1. The van der Waals surface area contributed by atoms with Crippen molar-refractivity contribution >= 4 is 11.8 Å². The molecule has 130 valence electrons. The second kappa shape index (κ2) is 7.85. The van der Waals surface area contributed by atoms with Crippen LogP contribution in [-0.2, 0) is 11.3 Å². The topological polar surface area (TPSA) is 87.2 Å². The monoisotopic (exact) mass is 339 g/mol. The minimum Gasteiger partial charge on any atom is -0.359 e. The maximum absolute atomic E-state index is 12.4. The predicted molar refractivity (Wildman–Crippen MR) is 92.6 cm³/mol. The molecule has 1 aliphatic rings. The Kier molecular flexibility index (Phi) is 5.35. The van der Waals surface area contributed by atoms with Crippen LogP contribution in [0.25, 0.3) is 0 Å². The molecule has 0 unspecified atom stereocenters. The molecule has 0 radical (unpaired) electrons. The highest BCUT2D eigenvalue weighted by atomic mass is 16.2. The summed E-state index contributed by atoms with van der Waals surface area (Å²) in [5.41, 5.74) is 1.57. The maximum Gasteiger partial charge on any atom is 0.254 e. The lowest BCUT2D eigenvalue weighted by Crippen LogP contribution is -2.45. The molecule has 1 aromatic heterocycles. The van der Waals surface area contributed by atoms with Crippen molar-refractivity contribution in [1.82, 2.24) is 25.5 Å². The first kappa shape index (κ1) is 17.0. The van der Waals surface area contributed by atoms with Crippen LogP contribution < -0.4 is 10.6 Å². The normalized spacial score (nSPS) is 20.2. The molecule has 7 nitrogen and oxygen atoms in total. The van der Waals surface area contributed by atoms with Crippen molar-refractivity contribution in [2.75, 3.05) is 20.1 Å². The number of aromatic nitrogens is 2. The molecular weight excluding hydrogens is 318 g/mol. The lowest BCUT2D eigenvalue weighted by molar-refractivity contribution is -0.124. The quantitative estimate of drug-likeness (QED) is 0.826. The zero-order valence-corrected chi connectivity index (χ0v) is 14.1. The van der Waals surface area contributed by atoms with Gasteiger partial charge >= 0.3 is 0 Å². The van der Waals surface area contributed by atoms with Crippen LogP contribution in [-0.4, -0.2) is 52.9 Å². The van der Waals surface area contributed by atoms with Crippen molar-refractivity contribution in [3.8, 4) is 0 Å². The average Bonchev–Trinajstić information content (AvgIpc) is 3.04. The molecule has 2 heterocycles. The molecule has 7 heteroatoms. The van der Waals surface area contributed by atoms with E-state index in [0.717, 1.165) is 6.54 Å². The fourth-order valence-electron chi connectivity index (χ4n) is 3.12. The number of nitrogens with zero attached hydrogens (tertiary/aromatic N) is 3. The Balaban J connectivity index is 1.69. The van der Waals surface area contributed by atoms with Gasteiger partial charge in [-0.3, -0.25) is 14.5 Å². The molecule has 2 aromatic rings. The van der Waals surface area contributed by atoms with Crippen molar-refractivity contribution < 1.29 is 9.59 Å². The second-order valence-corrected chi connectivity index (χ2v) is 6.11. The predicted octanol–water partition coefficient (Wildman–Crippen LogP) is 0.453. The fourth-order valence-corrected chi connectivity index (χ4v) is 3.12. The second-order valence-electron chi connectivity index (χ2n) is 6.11. The highest BCUT2D eigenvalue weighted by Gasteiger charge is 2.38. The molecule has 1 aliphatic heterocycles. The first-order valence-corrected chi connectivity index (χ1v) is 8.21. The van der Waals surface area contributed by atoms with Crippen LogP contribution in [0.15, 0.2) is 49.1 Å². The Hall–Kier alpha value is -2.80. The Morgan fingerprint density at radius 2 is 1.88 bits per heavy atom. The van der Waals surface area contributed by atoms with Gasteiger partial charge in [0.05, 0.1) is 17.5 Å². The Labute approximate surface area is 146 Å². The van der Waals surface area contributed by atoms with Gasteiger partial charge in [0.1, 0.15) is 6.33 Å². The third kappa shape index (κ3) is 4.19. The summed E-state index contributed by atoms with van der Waals surface area (Å²) in [7, 11) is 1.62. The molecule has 1 saturated heterocycles. The van der Waals surface area contributed by atoms with Gasteiger partial charge < -0.3 is 10.6 Å². The molecule has 3 rings (SSSR count). The van der Waals surface area contributed by atoms with Gasteiger partial charge in [-0.15, -0.1) is 0 Å². The van der Waals surface area contributed by atoms with Gasteiger partial charge in [-0.25, -0.2) is 9.97 Å². The van der Waals surface area contributed by atoms with Crippen LogP contribution in [0.3, 0.4) is 0 Å². The van der Waals surface area contributed by atoms with E-state index in [9.17, 15) is 9.59 Å². The number of likely N-dealkylation sites (tertiary alicyclic amines) is 1. The first-order valence-electron chi connectivity index (χ1n) is 8.21. The molecule has 0 aliphatic carbocycles. The molecule has 1 aromatic carbocycles. The molecule has 0 spiro atoms. The van der Waals surface area contributed by atoms with Crippen molar-refractivity contribution in [2.24, 2.45) is 5.92 Å². The summed E-state index contributed by atoms with van der Waals surface area (Å²) in [5, 5.41) is 5.65. The minimum atomic E-state index is -0.290. The highest BCUT2D eigenvalue weighted by molar-refractivity contribution is 5.94. The van der Waals surface area contributed by atoms with Gasteiger partial charge in [0, 0.05) is 39.1 Å². The van der Waals surface area contributed by atoms with E-state index in [1.807, 2.05) is 18.2 Å². The SMILES string of the molecule is CNC(=O)[C@H]1CN(Cc2ccccc2)C[C@@H]1NC(=O)c1cncnc1. The van der Waals surface area contributed by atoms with Crippen LogP contribution >= 0.6 is 0 Å². The lowest BCUT2D eigenvalue weighted by atomic mass is 10.0. The van der Waals surface area contributed by atoms with Crippen molar-refractivity contribution in [3.63, 3.8) is 0 Å². The van der Waals surface area contributed by atoms with Crippen LogP contribution in [0.2, 0.25) is 0 Å². The zero-order chi connectivity index (χ0) is 17.6. The molecule has 25 heavy (non-hydrogen) atoms. The summed E-state index contributed by atoms with van der Waals surface area (Å²) < 4.78 is 0. The van der Waals surface area contributed by atoms with Crippen molar-refractivity contribution in [3.05, 3.63) is 60.2 Å². The van der Waals surface area contributed by atoms with Crippen molar-refractivity contribution in [2.45, 2.75) is 12.6 Å². The van der Waals surface area contributed by atoms with Crippen LogP contribution in [0.5, 0.6) is 0 Å². The number of carbonyl (C=O) groups is 2. The number of nitrogens with one attached hydrogen (secondary N) is 2. The van der Waals surface area contributed by atoms with Gasteiger partial charge in [0.25, 0.3) is 5.91 Å². The van der Waals surface area contributed by atoms with Crippen LogP contribution in [0, 0.1) is 5.92 Å². The Morgan fingerprint density at radius 3 is 2.56 bits per heavy atom. The fraction of sp³-hybridized carbons (Fsp3) is 0.333. The van der Waals surface area contributed by atoms with Gasteiger partial charge in [-0.2, -0.15) is 0 Å². The maximum atomic E-state index is 12.4. The van der Waals surface area contributed by atoms with Gasteiger partial charge in [-0.1, -0.05) is 30.3 Å². The van der Waals surface area contributed by atoms with E-state index in [-0.39, 0.29) is 23.8 Å². The average molecular weight is 339 g/mol. The number of carbonyl (C=O) groups excluding carboxylic acids is 2. The molecule has 2 N–H and O–H groups in total. The lowest BCUT2D eigenvalue weighted by Gasteiger charge is -2.18. The molecule has 0 saturated carbocycles. The van der Waals surface area contributed by atoms with Crippen LogP contribution in [0.4, 0.5) is 0 Å². The van der Waals surface area contributed by atoms with E-state index < -0.39 is 0 Å². The summed E-state index contributed by atoms with van der Waals surface area (Å²) in [4.78, 5) is 34.5. The van der Waals surface area contributed by atoms with Gasteiger partial charge in [0.15, 0.2) is 0 Å². The van der Waals surface area contributed by atoms with E-state index in [0.29, 0.717) is 18.7 Å². The summed E-state index contributed by atoms with van der Waals surface area (Å²) in [5.74, 6) is -0.617. The molecule has 2 atom stereocenters. The third-order valence-electron chi connectivity index (χ3n) is 4.37. The smallest absolute Gasteiger partial charge is 0.254 e. The highest BCUT2D eigenvalue weighted by Crippen LogP contribution is 2.20. The third-order valence-corrected chi connectivity index (χ3v) is 4.37. The summed E-state index contributed by atoms with van der Waals surface area (Å²) in [6.07, 6.45) is 4.31. The van der Waals surface area contributed by atoms with E-state index in [1.54, 1.807) is 7.05 Å². The van der Waals surface area contributed by atoms with E-state index in [4.69, 9.17) is 0 Å². The Bertz CT molecular complexity index is 723. The van der Waals surface area contributed by atoms with Crippen molar-refractivity contribution in [1.29, 1.82) is 0 Å². The summed E-state index contributed by atoms with van der Waals surface area (Å²) >= 11 is 0. The molecule has 2 amide bonds.